The van der Waals surface area contributed by atoms with Crippen LogP contribution >= 0.6 is 0 Å². The number of methoxy groups -OCH3 is 1. The number of ether oxygens (including phenoxy) is 1. The van der Waals surface area contributed by atoms with Crippen LogP contribution < -0.4 is 0 Å². The molecule has 0 bridgehead atoms. The van der Waals surface area contributed by atoms with Gasteiger partial charge in [-0.3, -0.25) is 4.90 Å². The predicted molar refractivity (Wildman–Crippen MR) is 105 cm³/mol. The molecular weight excluding hydrogens is 343 g/mol. The van der Waals surface area contributed by atoms with Crippen molar-refractivity contribution in [3.8, 4) is 0 Å². The van der Waals surface area contributed by atoms with Gasteiger partial charge >= 0.3 is 0 Å². The van der Waals surface area contributed by atoms with Gasteiger partial charge in [-0.15, -0.1) is 0 Å². The molecule has 0 radical (unpaired) electrons. The number of halogens is 1. The number of nitrogens with zero attached hydrogens (tertiary/aromatic N) is 2. The summed E-state index contributed by atoms with van der Waals surface area (Å²) in [5.41, 5.74) is 2.14. The molecule has 3 rings (SSSR count). The van der Waals surface area contributed by atoms with Crippen molar-refractivity contribution in [2.24, 2.45) is 0 Å². The summed E-state index contributed by atoms with van der Waals surface area (Å²) < 4.78 is 20.8. The summed E-state index contributed by atoms with van der Waals surface area (Å²) >= 11 is 0. The van der Waals surface area contributed by atoms with Crippen LogP contribution in [0.1, 0.15) is 43.4 Å². The van der Waals surface area contributed by atoms with Gasteiger partial charge in [0, 0.05) is 44.7 Å². The fourth-order valence-corrected chi connectivity index (χ4v) is 4.09. The highest BCUT2D eigenvalue weighted by molar-refractivity contribution is 5.19. The second-order valence-electron chi connectivity index (χ2n) is 7.59. The van der Waals surface area contributed by atoms with Crippen molar-refractivity contribution in [2.45, 2.75) is 57.3 Å². The molecule has 1 heterocycles. The fraction of sp³-hybridized carbons (Fsp3) is 0.545. The Hall–Kier alpha value is -1.69. The average Bonchev–Trinajstić information content (AvgIpc) is 3.09. The van der Waals surface area contributed by atoms with E-state index in [9.17, 15) is 9.50 Å². The Morgan fingerprint density at radius 2 is 2.04 bits per heavy atom. The molecule has 148 valence electrons. The summed E-state index contributed by atoms with van der Waals surface area (Å²) in [4.78, 5) is 2.40. The highest BCUT2D eigenvalue weighted by Crippen LogP contribution is 2.25. The number of benzene rings is 1. The quantitative estimate of drug-likeness (QED) is 0.725. The number of aromatic nitrogens is 1. The molecule has 1 aromatic carbocycles. The first-order valence-corrected chi connectivity index (χ1v) is 9.95. The summed E-state index contributed by atoms with van der Waals surface area (Å²) in [7, 11) is 1.62. The summed E-state index contributed by atoms with van der Waals surface area (Å²) in [6, 6.07) is 11.4. The lowest BCUT2D eigenvalue weighted by molar-refractivity contribution is 0.0174. The van der Waals surface area contributed by atoms with E-state index in [-0.39, 0.29) is 5.82 Å². The Bertz CT molecular complexity index is 697. The standard InChI is InChI=1S/C22H31FN2O2/c1-27-17-22(26)16-25(20-9-3-2-4-10-20)15-21-11-6-12-24(21)14-18-7-5-8-19(23)13-18/h5-8,11-13,20,22,26H,2-4,9-10,14-17H2,1H3/t22-/m0/s1. The van der Waals surface area contributed by atoms with Crippen LogP contribution in [0.3, 0.4) is 0 Å². The summed E-state index contributed by atoms with van der Waals surface area (Å²) in [5, 5.41) is 10.3. The second-order valence-corrected chi connectivity index (χ2v) is 7.59. The third-order valence-electron chi connectivity index (χ3n) is 5.43. The molecule has 1 aromatic heterocycles. The van der Waals surface area contributed by atoms with Crippen LogP contribution in [0.15, 0.2) is 42.6 Å². The molecule has 5 heteroatoms. The molecule has 1 atom stereocenters. The van der Waals surface area contributed by atoms with Gasteiger partial charge in [-0.1, -0.05) is 31.4 Å². The maximum absolute atomic E-state index is 13.5. The third-order valence-corrected chi connectivity index (χ3v) is 5.43. The molecular formula is C22H31FN2O2. The summed E-state index contributed by atoms with van der Waals surface area (Å²) in [5.74, 6) is -0.201. The van der Waals surface area contributed by atoms with E-state index in [2.05, 4.69) is 15.5 Å². The monoisotopic (exact) mass is 374 g/mol. The highest BCUT2D eigenvalue weighted by Gasteiger charge is 2.24. The van der Waals surface area contributed by atoms with Crippen molar-refractivity contribution in [1.82, 2.24) is 9.47 Å². The topological polar surface area (TPSA) is 37.6 Å². The van der Waals surface area contributed by atoms with Crippen molar-refractivity contribution >= 4 is 0 Å². The Morgan fingerprint density at radius 3 is 2.78 bits per heavy atom. The van der Waals surface area contributed by atoms with Crippen molar-refractivity contribution < 1.29 is 14.2 Å². The third kappa shape index (κ3) is 5.89. The van der Waals surface area contributed by atoms with Crippen molar-refractivity contribution in [2.75, 3.05) is 20.3 Å². The normalized spacial score (nSPS) is 16.7. The lowest BCUT2D eigenvalue weighted by Crippen LogP contribution is -2.42. The van der Waals surface area contributed by atoms with Gasteiger partial charge in [0.15, 0.2) is 0 Å². The van der Waals surface area contributed by atoms with Gasteiger partial charge in [-0.25, -0.2) is 4.39 Å². The van der Waals surface area contributed by atoms with Gasteiger partial charge in [0.2, 0.25) is 0 Å². The Morgan fingerprint density at radius 1 is 1.22 bits per heavy atom. The molecule has 1 aliphatic rings. The van der Waals surface area contributed by atoms with Gasteiger partial charge in [0.1, 0.15) is 5.82 Å². The molecule has 27 heavy (non-hydrogen) atoms. The lowest BCUT2D eigenvalue weighted by atomic mass is 9.94. The number of hydrogen-bond donors (Lipinski definition) is 1. The van der Waals surface area contributed by atoms with Crippen LogP contribution in [-0.4, -0.2) is 47.0 Å². The minimum Gasteiger partial charge on any atom is -0.389 e. The smallest absolute Gasteiger partial charge is 0.123 e. The molecule has 0 amide bonds. The number of aliphatic hydroxyl groups is 1. The molecule has 2 aromatic rings. The van der Waals surface area contributed by atoms with Crippen LogP contribution in [0.25, 0.3) is 0 Å². The summed E-state index contributed by atoms with van der Waals surface area (Å²) in [6.45, 7) is 2.41. The van der Waals surface area contributed by atoms with Gasteiger partial charge in [0.05, 0.1) is 12.7 Å². The molecule has 0 saturated heterocycles. The zero-order valence-electron chi connectivity index (χ0n) is 16.2. The highest BCUT2D eigenvalue weighted by atomic mass is 19.1. The molecule has 4 nitrogen and oxygen atoms in total. The second kappa shape index (κ2) is 10.0. The lowest BCUT2D eigenvalue weighted by Gasteiger charge is -2.35. The number of aliphatic hydroxyl groups excluding tert-OH is 1. The predicted octanol–water partition coefficient (Wildman–Crippen LogP) is 3.82. The van der Waals surface area contributed by atoms with Crippen LogP contribution in [0.5, 0.6) is 0 Å². The maximum Gasteiger partial charge on any atom is 0.123 e. The molecule has 0 aliphatic heterocycles. The molecule has 0 unspecified atom stereocenters. The molecule has 1 N–H and O–H groups in total. The zero-order valence-corrected chi connectivity index (χ0v) is 16.2. The summed E-state index contributed by atoms with van der Waals surface area (Å²) in [6.07, 6.45) is 7.75. The Balaban J connectivity index is 1.72. The van der Waals surface area contributed by atoms with Gasteiger partial charge < -0.3 is 14.4 Å². The van der Waals surface area contributed by atoms with Crippen LogP contribution in [0.2, 0.25) is 0 Å². The molecule has 1 aliphatic carbocycles. The SMILES string of the molecule is COC[C@@H](O)CN(Cc1cccn1Cc1cccc(F)c1)C1CCCCC1. The van der Waals surface area contributed by atoms with E-state index in [0.29, 0.717) is 25.7 Å². The average molecular weight is 375 g/mol. The van der Waals surface area contributed by atoms with Crippen molar-refractivity contribution in [3.05, 3.63) is 59.7 Å². The van der Waals surface area contributed by atoms with E-state index in [1.807, 2.05) is 18.3 Å². The largest absolute Gasteiger partial charge is 0.389 e. The van der Waals surface area contributed by atoms with Gasteiger partial charge in [-0.2, -0.15) is 0 Å². The van der Waals surface area contributed by atoms with E-state index in [1.54, 1.807) is 19.2 Å². The minimum atomic E-state index is -0.483. The first kappa shape index (κ1) is 20.1. The van der Waals surface area contributed by atoms with Crippen LogP contribution in [0, 0.1) is 5.82 Å². The molecule has 1 saturated carbocycles. The van der Waals surface area contributed by atoms with Crippen LogP contribution in [-0.2, 0) is 17.8 Å². The number of hydrogen-bond acceptors (Lipinski definition) is 3. The first-order chi connectivity index (χ1) is 13.2. The fourth-order valence-electron chi connectivity index (χ4n) is 4.09. The van der Waals surface area contributed by atoms with E-state index in [4.69, 9.17) is 4.74 Å². The molecule has 0 spiro atoms. The van der Waals surface area contributed by atoms with E-state index in [0.717, 1.165) is 12.1 Å². The van der Waals surface area contributed by atoms with E-state index >= 15 is 0 Å². The number of rotatable bonds is 9. The Kier molecular flexibility index (Phi) is 7.44. The van der Waals surface area contributed by atoms with Crippen molar-refractivity contribution in [3.63, 3.8) is 0 Å². The minimum absolute atomic E-state index is 0.201. The van der Waals surface area contributed by atoms with Gasteiger partial charge in [0.25, 0.3) is 0 Å². The van der Waals surface area contributed by atoms with Crippen molar-refractivity contribution in [1.29, 1.82) is 0 Å². The zero-order chi connectivity index (χ0) is 19.1. The van der Waals surface area contributed by atoms with E-state index < -0.39 is 6.10 Å². The first-order valence-electron chi connectivity index (χ1n) is 9.95. The molecule has 1 fully saturated rings. The van der Waals surface area contributed by atoms with E-state index in [1.165, 1.54) is 43.9 Å². The Labute approximate surface area is 161 Å². The maximum atomic E-state index is 13.5. The van der Waals surface area contributed by atoms with Crippen LogP contribution in [0.4, 0.5) is 4.39 Å². The van der Waals surface area contributed by atoms with Gasteiger partial charge in [-0.05, 0) is 42.7 Å².